The van der Waals surface area contributed by atoms with E-state index in [1.165, 1.54) is 70.3 Å². The van der Waals surface area contributed by atoms with E-state index in [0.29, 0.717) is 23.5 Å². The Bertz CT molecular complexity index is 640. The zero-order valence-electron chi connectivity index (χ0n) is 19.9. The average Bonchev–Trinajstić information content (AvgIpc) is 3.25. The fourth-order valence-electron chi connectivity index (χ4n) is 9.57. The largest absolute Gasteiger partial charge is 0.336 e. The van der Waals surface area contributed by atoms with Crippen LogP contribution in [0.3, 0.4) is 0 Å². The number of fused-ring (bicyclic) bond motifs is 1. The van der Waals surface area contributed by atoms with Crippen LogP contribution in [-0.2, 0) is 0 Å². The van der Waals surface area contributed by atoms with Gasteiger partial charge in [0.15, 0.2) is 5.96 Å². The molecule has 3 nitrogen and oxygen atoms in total. The van der Waals surface area contributed by atoms with Crippen LogP contribution in [0.4, 0.5) is 0 Å². The summed E-state index contributed by atoms with van der Waals surface area (Å²) in [6, 6.07) is 2.09. The lowest BCUT2D eigenvalue weighted by atomic mass is 9.47. The van der Waals surface area contributed by atoms with Crippen LogP contribution in [-0.4, -0.2) is 47.0 Å². The van der Waals surface area contributed by atoms with Crippen molar-refractivity contribution in [2.45, 2.75) is 116 Å². The van der Waals surface area contributed by atoms with Crippen LogP contribution in [0.2, 0.25) is 0 Å². The fourth-order valence-corrected chi connectivity index (χ4v) is 9.57. The molecule has 0 spiro atoms. The highest BCUT2D eigenvalue weighted by molar-refractivity contribution is 5.85. The van der Waals surface area contributed by atoms with Crippen LogP contribution in [0.15, 0.2) is 4.99 Å². The van der Waals surface area contributed by atoms with Crippen molar-refractivity contribution < 1.29 is 0 Å². The summed E-state index contributed by atoms with van der Waals surface area (Å²) >= 11 is 0. The lowest BCUT2D eigenvalue weighted by Gasteiger charge is -2.60. The molecule has 5 saturated carbocycles. The van der Waals surface area contributed by atoms with Gasteiger partial charge in [-0.1, -0.05) is 33.1 Å². The smallest absolute Gasteiger partial charge is 0.197 e. The van der Waals surface area contributed by atoms with Gasteiger partial charge in [-0.15, -0.1) is 0 Å². The Kier molecular flexibility index (Phi) is 4.92. The number of rotatable bonds is 5. The molecule has 4 bridgehead atoms. The van der Waals surface area contributed by atoms with Gasteiger partial charge in [-0.3, -0.25) is 4.99 Å². The Balaban J connectivity index is 1.27. The second kappa shape index (κ2) is 7.41. The third-order valence-corrected chi connectivity index (χ3v) is 10.4. The van der Waals surface area contributed by atoms with Gasteiger partial charge in [0.05, 0.1) is 12.6 Å². The lowest BCUT2D eigenvalue weighted by Crippen LogP contribution is -2.58. The maximum Gasteiger partial charge on any atom is 0.197 e. The third kappa shape index (κ3) is 3.15. The molecule has 0 radical (unpaired) electrons. The van der Waals surface area contributed by atoms with E-state index in [4.69, 9.17) is 4.99 Å². The van der Waals surface area contributed by atoms with E-state index in [1.54, 1.807) is 19.3 Å². The quantitative estimate of drug-likeness (QED) is 0.557. The highest BCUT2D eigenvalue weighted by Crippen LogP contribution is 2.62. The normalized spacial score (nSPS) is 44.1. The molecule has 1 saturated heterocycles. The van der Waals surface area contributed by atoms with E-state index >= 15 is 0 Å². The molecule has 7 aliphatic rings. The molecule has 0 N–H and O–H groups in total. The van der Waals surface area contributed by atoms with Crippen molar-refractivity contribution in [2.75, 3.05) is 13.1 Å². The SMILES string of the molecule is CC(C)C[C@@H]1CN2C(=NC[C@H]2C2CCCCC2)N1C(C)C12CC3CC(CC(C3)C1)C2. The van der Waals surface area contributed by atoms with Crippen LogP contribution in [0.25, 0.3) is 0 Å². The zero-order chi connectivity index (χ0) is 20.5. The maximum absolute atomic E-state index is 5.31. The minimum absolute atomic E-state index is 0.589. The second-order valence-electron chi connectivity index (χ2n) is 12.9. The van der Waals surface area contributed by atoms with E-state index in [2.05, 4.69) is 30.6 Å². The molecule has 0 aromatic carbocycles. The molecule has 0 amide bonds. The molecule has 6 fully saturated rings. The number of hydrogen-bond donors (Lipinski definition) is 0. The summed E-state index contributed by atoms with van der Waals surface area (Å²) in [6.45, 7) is 9.82. The first-order valence-electron chi connectivity index (χ1n) is 13.6. The monoisotopic (exact) mass is 411 g/mol. The minimum Gasteiger partial charge on any atom is -0.336 e. The number of guanidine groups is 1. The van der Waals surface area contributed by atoms with Gasteiger partial charge in [0.25, 0.3) is 0 Å². The van der Waals surface area contributed by atoms with Crippen molar-refractivity contribution >= 4 is 5.96 Å². The molecular weight excluding hydrogens is 366 g/mol. The molecule has 5 aliphatic carbocycles. The lowest BCUT2D eigenvalue weighted by molar-refractivity contribution is -0.0892. The van der Waals surface area contributed by atoms with Gasteiger partial charge < -0.3 is 9.80 Å². The molecule has 1 unspecified atom stereocenters. The molecule has 7 rings (SSSR count). The molecule has 30 heavy (non-hydrogen) atoms. The van der Waals surface area contributed by atoms with E-state index in [-0.39, 0.29) is 0 Å². The van der Waals surface area contributed by atoms with E-state index in [9.17, 15) is 0 Å². The van der Waals surface area contributed by atoms with E-state index in [0.717, 1.165) is 36.1 Å². The molecular formula is C27H45N3. The molecule has 0 aromatic heterocycles. The molecule has 0 aromatic rings. The highest BCUT2D eigenvalue weighted by Gasteiger charge is 2.57. The van der Waals surface area contributed by atoms with Crippen molar-refractivity contribution in [1.82, 2.24) is 9.80 Å². The van der Waals surface area contributed by atoms with Crippen molar-refractivity contribution in [3.63, 3.8) is 0 Å². The average molecular weight is 412 g/mol. The summed E-state index contributed by atoms with van der Waals surface area (Å²) < 4.78 is 0. The van der Waals surface area contributed by atoms with Gasteiger partial charge in [0, 0.05) is 18.6 Å². The first-order chi connectivity index (χ1) is 14.5. The van der Waals surface area contributed by atoms with E-state index in [1.807, 2.05) is 0 Å². The van der Waals surface area contributed by atoms with Crippen molar-refractivity contribution in [2.24, 2.45) is 40.0 Å². The van der Waals surface area contributed by atoms with Crippen molar-refractivity contribution in [3.05, 3.63) is 0 Å². The zero-order valence-corrected chi connectivity index (χ0v) is 19.9. The van der Waals surface area contributed by atoms with Crippen LogP contribution in [0.1, 0.15) is 97.8 Å². The van der Waals surface area contributed by atoms with Crippen LogP contribution in [0, 0.1) is 35.0 Å². The van der Waals surface area contributed by atoms with E-state index < -0.39 is 0 Å². The number of aliphatic imine (C=N–C) groups is 1. The summed E-state index contributed by atoms with van der Waals surface area (Å²) in [5, 5.41) is 0. The van der Waals surface area contributed by atoms with Crippen LogP contribution >= 0.6 is 0 Å². The van der Waals surface area contributed by atoms with Gasteiger partial charge >= 0.3 is 0 Å². The summed E-state index contributed by atoms with van der Waals surface area (Å²) in [5.74, 6) is 6.23. The summed E-state index contributed by atoms with van der Waals surface area (Å²) in [6.07, 6.45) is 17.8. The van der Waals surface area contributed by atoms with Crippen LogP contribution in [0.5, 0.6) is 0 Å². The molecule has 3 heteroatoms. The fraction of sp³-hybridized carbons (Fsp3) is 0.963. The van der Waals surface area contributed by atoms with Gasteiger partial charge in [0.1, 0.15) is 0 Å². The Hall–Kier alpha value is -0.730. The Morgan fingerprint density at radius 1 is 0.933 bits per heavy atom. The molecule has 2 heterocycles. The Morgan fingerprint density at radius 2 is 1.57 bits per heavy atom. The first-order valence-corrected chi connectivity index (χ1v) is 13.6. The van der Waals surface area contributed by atoms with Gasteiger partial charge in [-0.05, 0) is 99.7 Å². The number of nitrogens with zero attached hydrogens (tertiary/aromatic N) is 3. The van der Waals surface area contributed by atoms with Gasteiger partial charge in [-0.25, -0.2) is 0 Å². The maximum atomic E-state index is 5.31. The van der Waals surface area contributed by atoms with Gasteiger partial charge in [0.2, 0.25) is 0 Å². The van der Waals surface area contributed by atoms with Crippen molar-refractivity contribution in [3.8, 4) is 0 Å². The molecule has 2 aliphatic heterocycles. The molecule has 168 valence electrons. The Morgan fingerprint density at radius 3 is 2.17 bits per heavy atom. The summed E-state index contributed by atoms with van der Waals surface area (Å²) in [7, 11) is 0. The summed E-state index contributed by atoms with van der Waals surface area (Å²) in [5.41, 5.74) is 0.589. The minimum atomic E-state index is 0.589. The molecule has 3 atom stereocenters. The highest BCUT2D eigenvalue weighted by atomic mass is 15.5. The second-order valence-corrected chi connectivity index (χ2v) is 12.9. The third-order valence-electron chi connectivity index (χ3n) is 10.4. The number of hydrogen-bond acceptors (Lipinski definition) is 3. The van der Waals surface area contributed by atoms with Gasteiger partial charge in [-0.2, -0.15) is 0 Å². The standard InChI is InChI=1S/C27H45N3/c1-18(2)9-24-17-29-25(23-7-5-4-6-8-23)16-28-26(29)30(24)19(3)27-13-20-10-21(14-27)12-22(11-20)15-27/h18-25H,4-17H2,1-3H3/t19?,20?,21?,22?,24-,25+,27?/m1/s1. The van der Waals surface area contributed by atoms with Crippen LogP contribution < -0.4 is 0 Å². The topological polar surface area (TPSA) is 18.8 Å². The first kappa shape index (κ1) is 19.9. The Labute approximate surface area is 185 Å². The predicted molar refractivity (Wildman–Crippen MR) is 125 cm³/mol. The predicted octanol–water partition coefficient (Wildman–Crippen LogP) is 5.94. The summed E-state index contributed by atoms with van der Waals surface area (Å²) in [4.78, 5) is 11.0. The van der Waals surface area contributed by atoms with Crippen molar-refractivity contribution in [1.29, 1.82) is 0 Å².